The average molecular weight is 963 g/mol. The van der Waals surface area contributed by atoms with Gasteiger partial charge in [0.05, 0.1) is 25.9 Å². The predicted octanol–water partition coefficient (Wildman–Crippen LogP) is 9.72. The standard InChI is InChI=1S/C15H25NO4.C15H27NO3.C14H23NO5.C8H15N/c1-13(2)9-5-3-7-11-16-15(19)20-12-8-4-6-10-14(17)18;1-14(2)10-6-5-7-11-16-15(18)19-13-9-4-3-8-12-17;1-12(16)8-4-2-6-10-15-14(19)20-11-7-3-5-9-13(17)18;1-8(2)6-4-3-5-7-9/h3,5,7,9,13H,4,6,8,10-12H2,1-2H3,(H,16,19)(H,17,18);5-7,10,14,17H,3-4,8-9,11-13H2,1-2H3,(H,16,18);2,4,6,8,12,16H,3,5,7,9-11H2,1H3,(H,15,19)(H,17,18);3-6,8H,7,9H2,1-2H3/b7-3-,9-5+;7-5-,10-6+;6-2-,8-4+;5-3-,6-4+. The first kappa shape index (κ1) is 69.1. The van der Waals surface area contributed by atoms with Gasteiger partial charge in [-0.05, 0) is 82.5 Å². The summed E-state index contributed by atoms with van der Waals surface area (Å²) in [5.74, 6) is 0.0848. The van der Waals surface area contributed by atoms with E-state index in [2.05, 4.69) is 75.7 Å². The number of carbonyl (C=O) groups is 5. The number of carboxylic acids is 2. The third kappa shape index (κ3) is 74.9. The molecule has 0 aromatic heterocycles. The summed E-state index contributed by atoms with van der Waals surface area (Å²) in [6, 6.07) is 0. The summed E-state index contributed by atoms with van der Waals surface area (Å²) >= 11 is 0. The molecule has 0 aliphatic rings. The van der Waals surface area contributed by atoms with Gasteiger partial charge in [-0.2, -0.15) is 0 Å². The van der Waals surface area contributed by atoms with Gasteiger partial charge in [0.15, 0.2) is 0 Å². The highest BCUT2D eigenvalue weighted by atomic mass is 16.6. The second kappa shape index (κ2) is 55.9. The topological polar surface area (TPSA) is 256 Å². The Morgan fingerprint density at radius 1 is 0.456 bits per heavy atom. The second-order valence-corrected chi connectivity index (χ2v) is 16.1. The Kier molecular flexibility index (Phi) is 56.8. The lowest BCUT2D eigenvalue weighted by Crippen LogP contribution is -2.24. The van der Waals surface area contributed by atoms with E-state index in [0.717, 1.165) is 38.5 Å². The number of aliphatic hydroxyl groups excluding tert-OH is 2. The fourth-order valence-corrected chi connectivity index (χ4v) is 4.43. The molecule has 0 spiro atoms. The van der Waals surface area contributed by atoms with Gasteiger partial charge in [0, 0.05) is 45.6 Å². The summed E-state index contributed by atoms with van der Waals surface area (Å²) in [6.07, 6.45) is 36.6. The molecule has 1 unspecified atom stereocenters. The Labute approximate surface area is 408 Å². The molecular weight excluding hydrogens is 873 g/mol. The first-order valence-corrected chi connectivity index (χ1v) is 24.0. The molecule has 1 atom stereocenters. The number of ether oxygens (including phenoxy) is 3. The number of nitrogens with one attached hydrogen (secondary N) is 3. The molecular formula is C52H90N4O12. The highest BCUT2D eigenvalue weighted by Gasteiger charge is 2.02. The van der Waals surface area contributed by atoms with E-state index in [1.807, 2.05) is 54.7 Å². The number of unbranched alkanes of at least 4 members (excludes halogenated alkanes) is 7. The molecule has 16 heteroatoms. The van der Waals surface area contributed by atoms with Gasteiger partial charge in [-0.15, -0.1) is 0 Å². The zero-order valence-electron chi connectivity index (χ0n) is 42.3. The van der Waals surface area contributed by atoms with Crippen LogP contribution in [0.2, 0.25) is 0 Å². The lowest BCUT2D eigenvalue weighted by atomic mass is 10.2. The van der Waals surface area contributed by atoms with Gasteiger partial charge in [-0.3, -0.25) is 9.59 Å². The van der Waals surface area contributed by atoms with Crippen LogP contribution in [0.25, 0.3) is 0 Å². The number of aliphatic carboxylic acids is 2. The molecule has 0 bridgehead atoms. The Hall–Kier alpha value is -5.45. The zero-order chi connectivity index (χ0) is 51.9. The highest BCUT2D eigenvalue weighted by molar-refractivity contribution is 5.68. The van der Waals surface area contributed by atoms with Crippen LogP contribution in [0.15, 0.2) is 97.2 Å². The van der Waals surface area contributed by atoms with Crippen LogP contribution in [0.3, 0.4) is 0 Å². The molecule has 16 nitrogen and oxygen atoms in total. The van der Waals surface area contributed by atoms with Crippen LogP contribution < -0.4 is 21.7 Å². The number of alkyl carbamates (subject to hydrolysis) is 3. The number of allylic oxidation sites excluding steroid dienone is 11. The van der Waals surface area contributed by atoms with Crippen molar-refractivity contribution in [3.63, 3.8) is 0 Å². The van der Waals surface area contributed by atoms with Crippen LogP contribution in [0.4, 0.5) is 14.4 Å². The van der Waals surface area contributed by atoms with Crippen molar-refractivity contribution in [2.75, 3.05) is 52.6 Å². The third-order valence-electron chi connectivity index (χ3n) is 7.92. The van der Waals surface area contributed by atoms with Crippen molar-refractivity contribution in [1.82, 2.24) is 16.0 Å². The van der Waals surface area contributed by atoms with E-state index in [0.29, 0.717) is 82.8 Å². The van der Waals surface area contributed by atoms with Gasteiger partial charge in [-0.1, -0.05) is 145 Å². The Balaban J connectivity index is -0.000000414. The molecule has 0 heterocycles. The number of hydrogen-bond donors (Lipinski definition) is 8. The van der Waals surface area contributed by atoms with Crippen LogP contribution in [-0.2, 0) is 23.8 Å². The van der Waals surface area contributed by atoms with E-state index < -0.39 is 30.2 Å². The van der Waals surface area contributed by atoms with Gasteiger partial charge in [0.2, 0.25) is 0 Å². The molecule has 0 radical (unpaired) electrons. The van der Waals surface area contributed by atoms with Crippen LogP contribution in [0, 0.1) is 17.8 Å². The van der Waals surface area contributed by atoms with E-state index in [9.17, 15) is 24.0 Å². The lowest BCUT2D eigenvalue weighted by molar-refractivity contribution is -0.138. The average Bonchev–Trinajstić information content (AvgIpc) is 3.27. The minimum absolute atomic E-state index is 0.150. The summed E-state index contributed by atoms with van der Waals surface area (Å²) in [5, 5.41) is 42.2. The molecule has 9 N–H and O–H groups in total. The van der Waals surface area contributed by atoms with Crippen molar-refractivity contribution < 1.29 is 58.6 Å². The van der Waals surface area contributed by atoms with Crippen LogP contribution >= 0.6 is 0 Å². The van der Waals surface area contributed by atoms with Crippen LogP contribution in [-0.4, -0.2) is 109 Å². The molecule has 0 aromatic carbocycles. The Morgan fingerprint density at radius 3 is 1.06 bits per heavy atom. The summed E-state index contributed by atoms with van der Waals surface area (Å²) in [6.45, 7) is 17.5. The van der Waals surface area contributed by atoms with E-state index >= 15 is 0 Å². The third-order valence-corrected chi connectivity index (χ3v) is 7.92. The number of nitrogens with two attached hydrogens (primary N) is 1. The van der Waals surface area contributed by atoms with Gasteiger partial charge in [-0.25, -0.2) is 14.4 Å². The normalized spacial score (nSPS) is 12.0. The molecule has 0 aliphatic heterocycles. The maximum atomic E-state index is 11.2. The van der Waals surface area contributed by atoms with Crippen molar-refractivity contribution >= 4 is 30.2 Å². The van der Waals surface area contributed by atoms with Crippen molar-refractivity contribution in [2.24, 2.45) is 23.5 Å². The van der Waals surface area contributed by atoms with Crippen LogP contribution in [0.5, 0.6) is 0 Å². The quantitative estimate of drug-likeness (QED) is 0.0173. The van der Waals surface area contributed by atoms with Gasteiger partial charge in [0.1, 0.15) is 0 Å². The van der Waals surface area contributed by atoms with E-state index in [1.54, 1.807) is 31.2 Å². The molecule has 0 aliphatic carbocycles. The number of hydrogen-bond acceptors (Lipinski definition) is 11. The first-order chi connectivity index (χ1) is 32.5. The van der Waals surface area contributed by atoms with Gasteiger partial charge in [0.25, 0.3) is 0 Å². The van der Waals surface area contributed by atoms with Gasteiger partial charge < -0.3 is 56.3 Å². The van der Waals surface area contributed by atoms with E-state index in [1.165, 1.54) is 0 Å². The largest absolute Gasteiger partial charge is 0.481 e. The SMILES string of the molecule is CC(C)/C=C/C=C\CN.CC(C)/C=C/C=C\CNC(=O)OCCCCCC(=O)O.CC(C)/C=C/C=C\CNC(=O)OCCCCCCO.CC(O)/C=C/C=C\CNC(=O)OCCCCCC(=O)O. The Morgan fingerprint density at radius 2 is 0.765 bits per heavy atom. The number of rotatable bonds is 33. The Bertz CT molecular complexity index is 1400. The van der Waals surface area contributed by atoms with Crippen molar-refractivity contribution in [1.29, 1.82) is 0 Å². The number of aliphatic hydroxyl groups is 2. The summed E-state index contributed by atoms with van der Waals surface area (Å²) in [4.78, 5) is 54.2. The minimum Gasteiger partial charge on any atom is -0.481 e. The lowest BCUT2D eigenvalue weighted by Gasteiger charge is -2.04. The summed E-state index contributed by atoms with van der Waals surface area (Å²) < 4.78 is 14.9. The van der Waals surface area contributed by atoms with E-state index in [-0.39, 0.29) is 32.1 Å². The predicted molar refractivity (Wildman–Crippen MR) is 274 cm³/mol. The number of carboxylic acid groups (broad SMARTS) is 2. The minimum atomic E-state index is -0.805. The molecule has 390 valence electrons. The molecule has 3 amide bonds. The van der Waals surface area contributed by atoms with Crippen molar-refractivity contribution in [3.8, 4) is 0 Å². The first-order valence-electron chi connectivity index (χ1n) is 24.0. The molecule has 0 aromatic rings. The molecule has 0 saturated carbocycles. The number of carbonyl (C=O) groups excluding carboxylic acids is 3. The van der Waals surface area contributed by atoms with E-state index in [4.69, 9.17) is 40.4 Å². The summed E-state index contributed by atoms with van der Waals surface area (Å²) in [5.41, 5.74) is 5.22. The fraction of sp³-hybridized carbons (Fsp3) is 0.596. The molecule has 0 fully saturated rings. The second-order valence-electron chi connectivity index (χ2n) is 16.1. The van der Waals surface area contributed by atoms with Crippen molar-refractivity contribution in [2.45, 2.75) is 132 Å². The monoisotopic (exact) mass is 963 g/mol. The maximum absolute atomic E-state index is 11.2. The maximum Gasteiger partial charge on any atom is 0.407 e. The highest BCUT2D eigenvalue weighted by Crippen LogP contribution is 2.02. The van der Waals surface area contributed by atoms with Gasteiger partial charge >= 0.3 is 30.2 Å². The molecule has 0 saturated heterocycles. The summed E-state index contributed by atoms with van der Waals surface area (Å²) in [7, 11) is 0. The number of amides is 3. The molecule has 68 heavy (non-hydrogen) atoms. The molecule has 0 rings (SSSR count). The van der Waals surface area contributed by atoms with Crippen LogP contribution in [0.1, 0.15) is 126 Å². The smallest absolute Gasteiger partial charge is 0.407 e. The zero-order valence-corrected chi connectivity index (χ0v) is 42.3. The van der Waals surface area contributed by atoms with Crippen molar-refractivity contribution in [3.05, 3.63) is 97.2 Å². The fourth-order valence-electron chi connectivity index (χ4n) is 4.43.